The van der Waals surface area contributed by atoms with Gasteiger partial charge in [0, 0.05) is 6.07 Å². The summed E-state index contributed by atoms with van der Waals surface area (Å²) in [7, 11) is 0. The Morgan fingerprint density at radius 2 is 1.84 bits per heavy atom. The molecular weight excluding hydrogens is 428 g/mol. The van der Waals surface area contributed by atoms with Crippen molar-refractivity contribution >= 4 is 35.6 Å². The Morgan fingerprint density at radius 1 is 1.12 bits per heavy atom. The standard InChI is InChI=1S/C23H20N4O4S/c1-3-31-17-11-7-10-16(12-17)26-21(29)19(20(28)24-23(26)32)13-18-14(2)25-27(22(18)30)15-8-5-4-6-9-15/h4-13,29H,3H2,1-2H3,(H,24,28,32). The van der Waals surface area contributed by atoms with Gasteiger partial charge >= 0.3 is 0 Å². The summed E-state index contributed by atoms with van der Waals surface area (Å²) < 4.78 is 6.84. The van der Waals surface area contributed by atoms with Crippen LogP contribution in [0.15, 0.2) is 70.1 Å². The molecule has 162 valence electrons. The number of carbonyl (C=O) groups is 1. The monoisotopic (exact) mass is 448 g/mol. The van der Waals surface area contributed by atoms with Gasteiger partial charge in [0.2, 0.25) is 5.88 Å². The fraction of sp³-hybridized carbons (Fsp3) is 0.130. The molecule has 2 heterocycles. The Kier molecular flexibility index (Phi) is 5.74. The first-order valence-corrected chi connectivity index (χ1v) is 10.3. The van der Waals surface area contributed by atoms with Gasteiger partial charge in [-0.15, -0.1) is 0 Å². The fourth-order valence-electron chi connectivity index (χ4n) is 3.36. The van der Waals surface area contributed by atoms with Crippen molar-refractivity contribution in [1.82, 2.24) is 9.55 Å². The lowest BCUT2D eigenvalue weighted by atomic mass is 10.1. The zero-order valence-corrected chi connectivity index (χ0v) is 18.2. The van der Waals surface area contributed by atoms with Gasteiger partial charge in [-0.25, -0.2) is 0 Å². The summed E-state index contributed by atoms with van der Waals surface area (Å²) in [5.41, 5.74) is 1.00. The molecule has 3 aromatic rings. The number of hydrogen-bond acceptors (Lipinski definition) is 6. The van der Waals surface area contributed by atoms with Crippen LogP contribution in [0.25, 0.3) is 11.8 Å². The average molecular weight is 449 g/mol. The van der Waals surface area contributed by atoms with E-state index in [1.807, 2.05) is 13.0 Å². The highest BCUT2D eigenvalue weighted by molar-refractivity contribution is 7.71. The molecule has 1 aliphatic heterocycles. The molecule has 0 bridgehead atoms. The van der Waals surface area contributed by atoms with E-state index in [0.29, 0.717) is 29.4 Å². The average Bonchev–Trinajstić information content (AvgIpc) is 3.05. The van der Waals surface area contributed by atoms with Crippen LogP contribution in [-0.4, -0.2) is 32.9 Å². The third-order valence-electron chi connectivity index (χ3n) is 4.86. The summed E-state index contributed by atoms with van der Waals surface area (Å²) in [6.45, 7) is 4.00. The number of anilines is 1. The Morgan fingerprint density at radius 3 is 2.56 bits per heavy atom. The van der Waals surface area contributed by atoms with Gasteiger partial charge in [0.05, 0.1) is 29.3 Å². The number of nitrogens with zero attached hydrogens (tertiary/aromatic N) is 3. The minimum absolute atomic E-state index is 0.0114. The van der Waals surface area contributed by atoms with Gasteiger partial charge in [-0.05, 0) is 56.4 Å². The van der Waals surface area contributed by atoms with Gasteiger partial charge in [0.15, 0.2) is 4.77 Å². The van der Waals surface area contributed by atoms with Gasteiger partial charge in [-0.1, -0.05) is 24.3 Å². The number of hydrazone groups is 1. The van der Waals surface area contributed by atoms with E-state index in [2.05, 4.69) is 10.1 Å². The van der Waals surface area contributed by atoms with Crippen LogP contribution in [0.4, 0.5) is 5.69 Å². The molecule has 0 aliphatic carbocycles. The molecule has 8 nitrogen and oxygen atoms in total. The second-order valence-corrected chi connectivity index (χ2v) is 7.34. The zero-order valence-electron chi connectivity index (χ0n) is 17.4. The molecule has 4 rings (SSSR count). The third kappa shape index (κ3) is 3.85. The minimum atomic E-state index is -0.615. The molecule has 1 aromatic heterocycles. The van der Waals surface area contributed by atoms with E-state index in [1.165, 1.54) is 15.7 Å². The van der Waals surface area contributed by atoms with Crippen LogP contribution in [0.1, 0.15) is 19.4 Å². The quantitative estimate of drug-likeness (QED) is 0.457. The predicted molar refractivity (Wildman–Crippen MR) is 125 cm³/mol. The predicted octanol–water partition coefficient (Wildman–Crippen LogP) is 3.81. The van der Waals surface area contributed by atoms with E-state index in [9.17, 15) is 14.7 Å². The highest BCUT2D eigenvalue weighted by Gasteiger charge is 2.29. The molecule has 0 saturated heterocycles. The van der Waals surface area contributed by atoms with E-state index in [1.54, 1.807) is 55.5 Å². The highest BCUT2D eigenvalue weighted by atomic mass is 32.1. The number of aromatic hydroxyl groups is 1. The summed E-state index contributed by atoms with van der Waals surface area (Å²) in [6.07, 6.45) is 1.33. The summed E-state index contributed by atoms with van der Waals surface area (Å²) in [6, 6.07) is 15.9. The van der Waals surface area contributed by atoms with Crippen molar-refractivity contribution in [2.45, 2.75) is 13.8 Å². The summed E-state index contributed by atoms with van der Waals surface area (Å²) in [5.74, 6) is -0.205. The van der Waals surface area contributed by atoms with Crippen molar-refractivity contribution in [2.75, 3.05) is 11.6 Å². The summed E-state index contributed by atoms with van der Waals surface area (Å²) >= 11 is 5.28. The smallest absolute Gasteiger partial charge is 0.280 e. The van der Waals surface area contributed by atoms with Crippen LogP contribution < -0.4 is 15.3 Å². The molecule has 2 aromatic carbocycles. The maximum absolute atomic E-state index is 13.0. The van der Waals surface area contributed by atoms with Crippen LogP contribution >= 0.6 is 12.2 Å². The van der Waals surface area contributed by atoms with Crippen LogP contribution in [0.2, 0.25) is 0 Å². The minimum Gasteiger partial charge on any atom is -0.494 e. The lowest BCUT2D eigenvalue weighted by Crippen LogP contribution is -2.22. The molecule has 0 atom stereocenters. The third-order valence-corrected chi connectivity index (χ3v) is 5.14. The van der Waals surface area contributed by atoms with Crippen molar-refractivity contribution in [3.05, 3.63) is 80.9 Å². The number of benzene rings is 2. The first kappa shape index (κ1) is 21.3. The van der Waals surface area contributed by atoms with Gasteiger partial charge < -0.3 is 9.84 Å². The lowest BCUT2D eigenvalue weighted by molar-refractivity contribution is -0.114. The number of ether oxygens (including phenoxy) is 1. The molecule has 2 N–H and O–H groups in total. The number of para-hydroxylation sites is 1. The molecule has 9 heteroatoms. The van der Waals surface area contributed by atoms with Crippen LogP contribution in [0.3, 0.4) is 0 Å². The van der Waals surface area contributed by atoms with Gasteiger partial charge in [-0.2, -0.15) is 10.1 Å². The number of rotatable bonds is 5. The summed E-state index contributed by atoms with van der Waals surface area (Å²) in [4.78, 5) is 28.2. The Bertz CT molecular complexity index is 1370. The second kappa shape index (κ2) is 8.64. The Labute approximate surface area is 188 Å². The number of amides is 1. The van der Waals surface area contributed by atoms with E-state index >= 15 is 0 Å². The molecular formula is C23H20N4O4S. The number of nitrogens with one attached hydrogen (secondary N) is 1. The van der Waals surface area contributed by atoms with Crippen molar-refractivity contribution in [3.63, 3.8) is 0 Å². The highest BCUT2D eigenvalue weighted by Crippen LogP contribution is 2.28. The maximum atomic E-state index is 13.0. The first-order chi connectivity index (χ1) is 15.4. The SMILES string of the molecule is CCOc1cccc(-n2c(O)c(C=C3C(=O)N(c4ccccc4)N=C3C)c(=O)[nH]c2=S)c1. The van der Waals surface area contributed by atoms with Crippen molar-refractivity contribution < 1.29 is 14.6 Å². The Balaban J connectivity index is 1.81. The van der Waals surface area contributed by atoms with Gasteiger partial charge in [0.25, 0.3) is 11.5 Å². The van der Waals surface area contributed by atoms with Crippen molar-refractivity contribution in [2.24, 2.45) is 5.10 Å². The fourth-order valence-corrected chi connectivity index (χ4v) is 3.64. The number of aromatic nitrogens is 2. The molecule has 0 unspecified atom stereocenters. The van der Waals surface area contributed by atoms with Crippen LogP contribution in [-0.2, 0) is 4.79 Å². The van der Waals surface area contributed by atoms with E-state index in [4.69, 9.17) is 17.0 Å². The molecule has 0 radical (unpaired) electrons. The van der Waals surface area contributed by atoms with E-state index in [-0.39, 0.29) is 15.9 Å². The Hall–Kier alpha value is -3.98. The number of aromatic amines is 1. The number of hydrogen-bond donors (Lipinski definition) is 2. The molecule has 0 spiro atoms. The van der Waals surface area contributed by atoms with Gasteiger partial charge in [0.1, 0.15) is 11.3 Å². The largest absolute Gasteiger partial charge is 0.494 e. The van der Waals surface area contributed by atoms with Crippen molar-refractivity contribution in [1.29, 1.82) is 0 Å². The molecule has 32 heavy (non-hydrogen) atoms. The molecule has 0 fully saturated rings. The van der Waals surface area contributed by atoms with Crippen LogP contribution in [0, 0.1) is 4.77 Å². The van der Waals surface area contributed by atoms with Crippen molar-refractivity contribution in [3.8, 4) is 17.3 Å². The first-order valence-electron chi connectivity index (χ1n) is 9.89. The number of carbonyl (C=O) groups excluding carboxylic acids is 1. The maximum Gasteiger partial charge on any atom is 0.280 e. The zero-order chi connectivity index (χ0) is 22.8. The van der Waals surface area contributed by atoms with Gasteiger partial charge in [-0.3, -0.25) is 19.1 Å². The normalized spacial score (nSPS) is 14.7. The second-order valence-electron chi connectivity index (χ2n) is 6.96. The van der Waals surface area contributed by atoms with E-state index in [0.717, 1.165) is 0 Å². The number of H-pyrrole nitrogens is 1. The van der Waals surface area contributed by atoms with Crippen LogP contribution in [0.5, 0.6) is 11.6 Å². The topological polar surface area (TPSA) is 99.9 Å². The van der Waals surface area contributed by atoms with E-state index < -0.39 is 17.3 Å². The molecule has 0 saturated carbocycles. The molecule has 1 aliphatic rings. The lowest BCUT2D eigenvalue weighted by Gasteiger charge is -2.13. The molecule has 1 amide bonds. The summed E-state index contributed by atoms with van der Waals surface area (Å²) in [5, 5.41) is 16.5.